The molecule has 0 saturated heterocycles. The van der Waals surface area contributed by atoms with Crippen LogP contribution in [0.1, 0.15) is 24.5 Å². The molecular weight excluding hydrogens is 218 g/mol. The first-order chi connectivity index (χ1) is 7.63. The van der Waals surface area contributed by atoms with Crippen LogP contribution < -0.4 is 11.1 Å². The molecule has 1 atom stereocenters. The molecule has 0 aliphatic heterocycles. The second kappa shape index (κ2) is 6.99. The zero-order valence-corrected chi connectivity index (χ0v) is 11.3. The molecule has 1 heterocycles. The molecule has 0 aliphatic carbocycles. The predicted molar refractivity (Wildman–Crippen MR) is 70.8 cm³/mol. The van der Waals surface area contributed by atoms with Gasteiger partial charge in [-0.1, -0.05) is 13.8 Å². The van der Waals surface area contributed by atoms with Crippen LogP contribution in [0.2, 0.25) is 0 Å². The highest BCUT2D eigenvalue weighted by Crippen LogP contribution is 2.09. The van der Waals surface area contributed by atoms with Crippen LogP contribution in [-0.4, -0.2) is 24.6 Å². The van der Waals surface area contributed by atoms with E-state index in [1.165, 1.54) is 5.69 Å². The summed E-state index contributed by atoms with van der Waals surface area (Å²) in [5.74, 6) is 1.23. The van der Waals surface area contributed by atoms with E-state index in [0.29, 0.717) is 11.8 Å². The highest BCUT2D eigenvalue weighted by molar-refractivity contribution is 7.09. The lowest BCUT2D eigenvalue weighted by Gasteiger charge is -2.19. The molecule has 1 rings (SSSR count). The Hall–Kier alpha value is -0.450. The lowest BCUT2D eigenvalue weighted by molar-refractivity contribution is 0.372. The Kier molecular flexibility index (Phi) is 5.95. The molecule has 0 spiro atoms. The minimum Gasteiger partial charge on any atom is -0.330 e. The summed E-state index contributed by atoms with van der Waals surface area (Å²) in [7, 11) is 0. The van der Waals surface area contributed by atoms with Crippen LogP contribution in [-0.2, 0) is 6.42 Å². The van der Waals surface area contributed by atoms with E-state index in [9.17, 15) is 0 Å². The molecule has 1 unspecified atom stereocenters. The minimum absolute atomic E-state index is 0.581. The van der Waals surface area contributed by atoms with Crippen molar-refractivity contribution in [1.82, 2.24) is 10.3 Å². The number of hydrogen-bond donors (Lipinski definition) is 2. The quantitative estimate of drug-likeness (QED) is 0.716. The van der Waals surface area contributed by atoms with E-state index >= 15 is 0 Å². The van der Waals surface area contributed by atoms with Gasteiger partial charge in [-0.3, -0.25) is 0 Å². The normalized spacial score (nSPS) is 13.3. The number of aryl methyl sites for hydroxylation is 1. The number of nitrogens with two attached hydrogens (primary N) is 1. The molecule has 0 radical (unpaired) electrons. The molecule has 0 amide bonds. The number of thiazole rings is 1. The third-order valence-corrected chi connectivity index (χ3v) is 3.70. The van der Waals surface area contributed by atoms with Crippen molar-refractivity contribution in [2.45, 2.75) is 27.2 Å². The van der Waals surface area contributed by atoms with Gasteiger partial charge in [0.1, 0.15) is 0 Å². The van der Waals surface area contributed by atoms with Gasteiger partial charge in [-0.05, 0) is 31.8 Å². The van der Waals surface area contributed by atoms with Crippen LogP contribution in [0.4, 0.5) is 0 Å². The fourth-order valence-corrected chi connectivity index (χ4v) is 2.27. The van der Waals surface area contributed by atoms with Crippen molar-refractivity contribution in [2.24, 2.45) is 17.6 Å². The van der Waals surface area contributed by atoms with Gasteiger partial charge in [0.05, 0.1) is 10.7 Å². The lowest BCUT2D eigenvalue weighted by Crippen LogP contribution is -2.32. The fourth-order valence-electron chi connectivity index (χ4n) is 1.62. The highest BCUT2D eigenvalue weighted by atomic mass is 32.1. The summed E-state index contributed by atoms with van der Waals surface area (Å²) >= 11 is 1.72. The van der Waals surface area contributed by atoms with Gasteiger partial charge in [-0.2, -0.15) is 0 Å². The molecule has 0 aliphatic rings. The number of rotatable bonds is 7. The summed E-state index contributed by atoms with van der Waals surface area (Å²) < 4.78 is 0. The summed E-state index contributed by atoms with van der Waals surface area (Å²) in [6.07, 6.45) is 1.01. The molecule has 3 nitrogen and oxygen atoms in total. The average Bonchev–Trinajstić information content (AvgIpc) is 2.64. The van der Waals surface area contributed by atoms with Crippen LogP contribution >= 0.6 is 11.3 Å². The van der Waals surface area contributed by atoms with E-state index in [1.807, 2.05) is 6.92 Å². The second-order valence-corrected chi connectivity index (χ2v) is 5.61. The molecule has 0 fully saturated rings. The number of nitrogens with one attached hydrogen (secondary N) is 1. The summed E-state index contributed by atoms with van der Waals surface area (Å²) in [6.45, 7) is 9.26. The van der Waals surface area contributed by atoms with Gasteiger partial charge < -0.3 is 11.1 Å². The Morgan fingerprint density at radius 2 is 2.25 bits per heavy atom. The van der Waals surface area contributed by atoms with E-state index in [4.69, 9.17) is 5.73 Å². The zero-order valence-electron chi connectivity index (χ0n) is 10.5. The van der Waals surface area contributed by atoms with Gasteiger partial charge >= 0.3 is 0 Å². The largest absolute Gasteiger partial charge is 0.330 e. The molecule has 0 saturated carbocycles. The Bertz CT molecular complexity index is 296. The van der Waals surface area contributed by atoms with Crippen LogP contribution in [0, 0.1) is 18.8 Å². The van der Waals surface area contributed by atoms with Crippen molar-refractivity contribution in [3.05, 3.63) is 16.1 Å². The number of aromatic nitrogens is 1. The molecule has 0 bridgehead atoms. The van der Waals surface area contributed by atoms with Crippen molar-refractivity contribution in [3.8, 4) is 0 Å². The highest BCUT2D eigenvalue weighted by Gasteiger charge is 2.10. The topological polar surface area (TPSA) is 50.9 Å². The maximum atomic E-state index is 5.72. The van der Waals surface area contributed by atoms with Gasteiger partial charge in [-0.15, -0.1) is 11.3 Å². The van der Waals surface area contributed by atoms with Gasteiger partial charge in [-0.25, -0.2) is 4.98 Å². The fraction of sp³-hybridized carbons (Fsp3) is 0.750. The standard InChI is InChI=1S/C12H23N3S/c1-9(2)11(6-13)7-14-5-4-12-8-16-10(3)15-12/h8-9,11,14H,4-7,13H2,1-3H3. The van der Waals surface area contributed by atoms with Crippen molar-refractivity contribution < 1.29 is 0 Å². The second-order valence-electron chi connectivity index (χ2n) is 4.55. The van der Waals surface area contributed by atoms with E-state index < -0.39 is 0 Å². The van der Waals surface area contributed by atoms with E-state index in [1.54, 1.807) is 11.3 Å². The molecule has 1 aromatic rings. The molecular formula is C12H23N3S. The zero-order chi connectivity index (χ0) is 12.0. The molecule has 92 valence electrons. The van der Waals surface area contributed by atoms with Gasteiger partial charge in [0.25, 0.3) is 0 Å². The molecule has 16 heavy (non-hydrogen) atoms. The molecule has 3 N–H and O–H groups in total. The Balaban J connectivity index is 2.16. The van der Waals surface area contributed by atoms with Crippen molar-refractivity contribution in [3.63, 3.8) is 0 Å². The van der Waals surface area contributed by atoms with Crippen molar-refractivity contribution in [1.29, 1.82) is 0 Å². The average molecular weight is 241 g/mol. The monoisotopic (exact) mass is 241 g/mol. The third kappa shape index (κ3) is 4.60. The first-order valence-corrected chi connectivity index (χ1v) is 6.83. The van der Waals surface area contributed by atoms with Crippen LogP contribution in [0.25, 0.3) is 0 Å². The lowest BCUT2D eigenvalue weighted by atomic mass is 9.96. The first kappa shape index (κ1) is 13.6. The predicted octanol–water partition coefficient (Wildman–Crippen LogP) is 1.81. The van der Waals surface area contributed by atoms with Gasteiger partial charge in [0.2, 0.25) is 0 Å². The summed E-state index contributed by atoms with van der Waals surface area (Å²) in [6, 6.07) is 0. The Labute approximate surface area is 102 Å². The smallest absolute Gasteiger partial charge is 0.0897 e. The molecule has 1 aromatic heterocycles. The summed E-state index contributed by atoms with van der Waals surface area (Å²) in [5, 5.41) is 6.75. The van der Waals surface area contributed by atoms with E-state index in [2.05, 4.69) is 29.5 Å². The van der Waals surface area contributed by atoms with Gasteiger partial charge in [0, 0.05) is 18.3 Å². The van der Waals surface area contributed by atoms with Crippen LogP contribution in [0.15, 0.2) is 5.38 Å². The SMILES string of the molecule is Cc1nc(CCNCC(CN)C(C)C)cs1. The maximum absolute atomic E-state index is 5.72. The number of hydrogen-bond acceptors (Lipinski definition) is 4. The minimum atomic E-state index is 0.581. The number of nitrogens with zero attached hydrogens (tertiary/aromatic N) is 1. The Morgan fingerprint density at radius 3 is 2.75 bits per heavy atom. The third-order valence-electron chi connectivity index (χ3n) is 2.88. The van der Waals surface area contributed by atoms with Crippen molar-refractivity contribution >= 4 is 11.3 Å². The van der Waals surface area contributed by atoms with Crippen LogP contribution in [0.3, 0.4) is 0 Å². The summed E-state index contributed by atoms with van der Waals surface area (Å²) in [4.78, 5) is 4.44. The van der Waals surface area contributed by atoms with E-state index in [0.717, 1.165) is 31.1 Å². The van der Waals surface area contributed by atoms with Gasteiger partial charge in [0.15, 0.2) is 0 Å². The first-order valence-electron chi connectivity index (χ1n) is 5.95. The Morgan fingerprint density at radius 1 is 1.50 bits per heavy atom. The summed E-state index contributed by atoms with van der Waals surface area (Å²) in [5.41, 5.74) is 6.92. The molecule has 4 heteroatoms. The van der Waals surface area contributed by atoms with Crippen LogP contribution in [0.5, 0.6) is 0 Å². The maximum Gasteiger partial charge on any atom is 0.0897 e. The van der Waals surface area contributed by atoms with Crippen molar-refractivity contribution in [2.75, 3.05) is 19.6 Å². The van der Waals surface area contributed by atoms with E-state index in [-0.39, 0.29) is 0 Å². The molecule has 0 aromatic carbocycles.